The first-order valence-corrected chi connectivity index (χ1v) is 24.9. The number of esters is 2. The molecule has 2 N–H and O–H groups in total. The van der Waals surface area contributed by atoms with Crippen molar-refractivity contribution in [2.24, 2.45) is 23.7 Å². The molecule has 0 radical (unpaired) electrons. The van der Waals surface area contributed by atoms with Crippen molar-refractivity contribution in [3.8, 4) is 0 Å². The molecule has 3 unspecified atom stereocenters. The van der Waals surface area contributed by atoms with Gasteiger partial charge in [-0.05, 0) is 69.8 Å². The van der Waals surface area contributed by atoms with Crippen molar-refractivity contribution >= 4 is 11.9 Å². The van der Waals surface area contributed by atoms with Gasteiger partial charge in [0.05, 0.1) is 55.9 Å². The van der Waals surface area contributed by atoms with Gasteiger partial charge in [0.25, 0.3) is 0 Å². The summed E-state index contributed by atoms with van der Waals surface area (Å²) >= 11 is 0. The molecule has 16 heteroatoms. The fourth-order valence-electron chi connectivity index (χ4n) is 11.2. The van der Waals surface area contributed by atoms with Crippen LogP contribution in [0.3, 0.4) is 0 Å². The number of methoxy groups -OCH3 is 2. The van der Waals surface area contributed by atoms with Crippen molar-refractivity contribution in [2.45, 2.75) is 198 Å². The number of fused-ring (bicyclic) bond motifs is 2. The molecule has 1 spiro atoms. The molecule has 20 atom stereocenters. The van der Waals surface area contributed by atoms with Gasteiger partial charge in [0.2, 0.25) is 0 Å². The van der Waals surface area contributed by atoms with Gasteiger partial charge in [-0.25, -0.2) is 4.79 Å². The third-order valence-corrected chi connectivity index (χ3v) is 15.2. The maximum atomic E-state index is 14.4. The van der Waals surface area contributed by atoms with Gasteiger partial charge < -0.3 is 67.1 Å². The molecule has 7 rings (SSSR count). The van der Waals surface area contributed by atoms with Crippen molar-refractivity contribution in [2.75, 3.05) is 34.0 Å². The lowest BCUT2D eigenvalue weighted by Crippen LogP contribution is -2.58. The summed E-state index contributed by atoms with van der Waals surface area (Å²) in [6.07, 6.45) is 8.47. The zero-order chi connectivity index (χ0) is 49.1. The summed E-state index contributed by atoms with van der Waals surface area (Å²) in [6, 6.07) is 0. The van der Waals surface area contributed by atoms with Gasteiger partial charge in [0.15, 0.2) is 18.4 Å². The van der Waals surface area contributed by atoms with Crippen LogP contribution in [0.25, 0.3) is 0 Å². The lowest BCUT2D eigenvalue weighted by atomic mass is 9.71. The molecule has 7 aliphatic rings. The van der Waals surface area contributed by atoms with E-state index in [1.165, 1.54) is 0 Å². The van der Waals surface area contributed by atoms with E-state index < -0.39 is 109 Å². The second-order valence-electron chi connectivity index (χ2n) is 20.0. The molecule has 0 aromatic rings. The van der Waals surface area contributed by atoms with Crippen molar-refractivity contribution in [3.63, 3.8) is 0 Å². The Balaban J connectivity index is 1.13. The fourth-order valence-corrected chi connectivity index (χ4v) is 11.2. The number of ether oxygens (including phenoxy) is 12. The number of carbonyl (C=O) groups excluding carboxylic acids is 2. The monoisotopic (exact) mass is 959 g/mol. The van der Waals surface area contributed by atoms with Gasteiger partial charge in [0.1, 0.15) is 48.6 Å². The normalized spacial score (nSPS) is 45.8. The number of carbonyl (C=O) groups is 2. The molecule has 2 bridgehead atoms. The Morgan fingerprint density at radius 2 is 1.59 bits per heavy atom. The molecule has 6 heterocycles. The first-order chi connectivity index (χ1) is 32.4. The summed E-state index contributed by atoms with van der Waals surface area (Å²) < 4.78 is 75.5. The smallest absolute Gasteiger partial charge is 0.332 e. The number of aliphatic hydroxyl groups is 2. The highest BCUT2D eigenvalue weighted by molar-refractivity contribution is 5.78. The fraction of sp³-hybridized carbons (Fsp3) is 0.769. The van der Waals surface area contributed by atoms with Crippen LogP contribution >= 0.6 is 0 Å². The molecular formula is C52H78O16. The SMILES string of the molecule is CCOC(=O)CO[C@H]1[C@H](C)OC(O[C@H]2[C@H](C)O[C@@H](OC3/C(C)=C/C[C@@H]4C[C@@H](C[C@]5(C=C[C@H](C)[C@@H](C(C)CC)O5)O4)OC(=O)[C@@H]4C=C(C)[C@@H](O)[C@H]5OC/C(=C/C=C/[C@@H]3C)[C@]54O)C[C@@H]2OC)C[C@@H]1OC. The van der Waals surface area contributed by atoms with Crippen LogP contribution in [0, 0.1) is 23.7 Å². The molecule has 68 heavy (non-hydrogen) atoms. The Labute approximate surface area is 402 Å². The van der Waals surface area contributed by atoms with E-state index in [9.17, 15) is 19.8 Å². The van der Waals surface area contributed by atoms with Gasteiger partial charge in [0, 0.05) is 51.7 Å². The Morgan fingerprint density at radius 1 is 0.897 bits per heavy atom. The molecule has 0 aromatic heterocycles. The van der Waals surface area contributed by atoms with E-state index in [-0.39, 0.29) is 50.1 Å². The van der Waals surface area contributed by atoms with Crippen molar-refractivity contribution in [1.82, 2.24) is 0 Å². The Morgan fingerprint density at radius 3 is 2.28 bits per heavy atom. The predicted octanol–water partition coefficient (Wildman–Crippen LogP) is 5.96. The van der Waals surface area contributed by atoms with Crippen LogP contribution in [-0.4, -0.2) is 153 Å². The lowest BCUT2D eigenvalue weighted by Gasteiger charge is -2.48. The van der Waals surface area contributed by atoms with Gasteiger partial charge in [-0.1, -0.05) is 70.6 Å². The highest BCUT2D eigenvalue weighted by atomic mass is 16.7. The summed E-state index contributed by atoms with van der Waals surface area (Å²) in [5.74, 6) is -3.09. The van der Waals surface area contributed by atoms with Crippen molar-refractivity contribution < 1.29 is 76.6 Å². The summed E-state index contributed by atoms with van der Waals surface area (Å²) in [7, 11) is 3.24. The number of aliphatic hydroxyl groups excluding tert-OH is 1. The topological polar surface area (TPSA) is 185 Å². The van der Waals surface area contributed by atoms with Crippen LogP contribution in [0.1, 0.15) is 101 Å². The summed E-state index contributed by atoms with van der Waals surface area (Å²) in [6.45, 7) is 17.9. The van der Waals surface area contributed by atoms with Crippen LogP contribution in [0.2, 0.25) is 0 Å². The molecule has 0 amide bonds. The Hall–Kier alpha value is -2.84. The second kappa shape index (κ2) is 22.7. The molecule has 4 saturated heterocycles. The number of allylic oxidation sites excluding steroid dienone is 2. The van der Waals surface area contributed by atoms with Crippen LogP contribution in [0.5, 0.6) is 0 Å². The quantitative estimate of drug-likeness (QED) is 0.172. The maximum Gasteiger partial charge on any atom is 0.332 e. The third kappa shape index (κ3) is 11.4. The summed E-state index contributed by atoms with van der Waals surface area (Å²) in [5.41, 5.74) is 0.0910. The van der Waals surface area contributed by atoms with E-state index in [4.69, 9.17) is 56.8 Å². The van der Waals surface area contributed by atoms with E-state index in [1.54, 1.807) is 40.2 Å². The lowest BCUT2D eigenvalue weighted by molar-refractivity contribution is -0.320. The highest BCUT2D eigenvalue weighted by Crippen LogP contribution is 2.47. The van der Waals surface area contributed by atoms with Crippen molar-refractivity contribution in [1.29, 1.82) is 0 Å². The minimum absolute atomic E-state index is 0.0210. The number of hydrogen-bond acceptors (Lipinski definition) is 16. The molecule has 16 nitrogen and oxygen atoms in total. The molecule has 4 fully saturated rings. The second-order valence-corrected chi connectivity index (χ2v) is 20.0. The van der Waals surface area contributed by atoms with Crippen LogP contribution in [0.4, 0.5) is 0 Å². The maximum absolute atomic E-state index is 14.4. The Kier molecular flexibility index (Phi) is 17.7. The molecule has 0 saturated carbocycles. The molecule has 382 valence electrons. The largest absolute Gasteiger partial charge is 0.464 e. The average molecular weight is 959 g/mol. The summed E-state index contributed by atoms with van der Waals surface area (Å²) in [5, 5.41) is 23.8. The van der Waals surface area contributed by atoms with Gasteiger partial charge in [-0.2, -0.15) is 0 Å². The average Bonchev–Trinajstić information content (AvgIpc) is 3.65. The van der Waals surface area contributed by atoms with E-state index >= 15 is 0 Å². The van der Waals surface area contributed by atoms with Crippen molar-refractivity contribution in [3.05, 3.63) is 59.3 Å². The number of rotatable bonds is 12. The third-order valence-electron chi connectivity index (χ3n) is 15.2. The van der Waals surface area contributed by atoms with Gasteiger partial charge in [-0.15, -0.1) is 0 Å². The van der Waals surface area contributed by atoms with E-state index in [0.717, 1.165) is 12.0 Å². The van der Waals surface area contributed by atoms with Crippen LogP contribution in [-0.2, 0) is 66.4 Å². The first-order valence-electron chi connectivity index (χ1n) is 24.9. The molecular weight excluding hydrogens is 881 g/mol. The zero-order valence-electron chi connectivity index (χ0n) is 41.9. The minimum Gasteiger partial charge on any atom is -0.464 e. The molecule has 1 aliphatic carbocycles. The molecule has 6 aliphatic heterocycles. The minimum atomic E-state index is -1.85. The summed E-state index contributed by atoms with van der Waals surface area (Å²) in [4.78, 5) is 26.4. The van der Waals surface area contributed by atoms with Crippen LogP contribution in [0.15, 0.2) is 59.3 Å². The van der Waals surface area contributed by atoms with E-state index in [2.05, 4.69) is 39.8 Å². The van der Waals surface area contributed by atoms with E-state index in [1.807, 2.05) is 39.0 Å². The van der Waals surface area contributed by atoms with E-state index in [0.29, 0.717) is 36.8 Å². The zero-order valence-corrected chi connectivity index (χ0v) is 41.9. The Bertz CT molecular complexity index is 1900. The van der Waals surface area contributed by atoms with Gasteiger partial charge >= 0.3 is 11.9 Å². The van der Waals surface area contributed by atoms with Crippen LogP contribution < -0.4 is 0 Å². The molecule has 0 aromatic carbocycles. The highest BCUT2D eigenvalue weighted by Gasteiger charge is 2.60. The predicted molar refractivity (Wildman–Crippen MR) is 248 cm³/mol. The standard InChI is InChI=1S/C52H78O16/c1-12-28(3)46-31(6)19-20-51(68-46)25-37-22-36(67-51)18-17-30(5)45(29(4)15-14-16-35-26-61-49-44(54)32(7)21-38(50(55)64-37)52(35,49)56)65-42-24-40(58-11)48(34(9)63-42)66-43-23-39(57-10)47(33(8)62-43)60-27-41(53)59-13-2/h14-17,19-21,28-29,31,33-34,36-40,42-49,54,56H,12-13,18,22-27H2,1-11H3/b15-14+,30-17+,35-16-/t28?,29-,31-,33-,34-,36+,37-,38-,39-,40-,42-,43?,44+,45?,46+,47-,48-,49+,51+,52+/m0/s1. The number of hydrogen-bond donors (Lipinski definition) is 2. The first kappa shape index (κ1) is 53.0. The van der Waals surface area contributed by atoms with Gasteiger partial charge in [-0.3, -0.25) is 4.79 Å².